The number of benzene rings is 2. The molecule has 1 N–H and O–H groups in total. The molecule has 25 heavy (non-hydrogen) atoms. The number of nitrogens with zero attached hydrogens (tertiary/aromatic N) is 2. The number of anilines is 1. The Bertz CT molecular complexity index is 986. The maximum absolute atomic E-state index is 12.9. The smallest absolute Gasteiger partial charge is 0.366 e. The minimum atomic E-state index is -4.18. The second-order valence-electron chi connectivity index (χ2n) is 4.89. The number of aromatic nitrogens is 2. The standard InChI is InChI=1S/C16H12FN3O4S/c17-12-5-7-13(8-6-12)19-16(21)14-3-1-2-4-15(14)24-25(22,23)20-10-9-18-11-20/h1-11H,(H,19,21). The molecular weight excluding hydrogens is 349 g/mol. The summed E-state index contributed by atoms with van der Waals surface area (Å²) in [7, 11) is -4.18. The van der Waals surface area contributed by atoms with Gasteiger partial charge in [0.2, 0.25) is 0 Å². The number of nitrogens with one attached hydrogen (secondary N) is 1. The van der Waals surface area contributed by atoms with E-state index in [-0.39, 0.29) is 11.3 Å². The van der Waals surface area contributed by atoms with Crippen molar-refractivity contribution in [1.29, 1.82) is 0 Å². The highest BCUT2D eigenvalue weighted by atomic mass is 32.2. The Morgan fingerprint density at radius 2 is 1.84 bits per heavy atom. The Kier molecular flexibility index (Phi) is 4.48. The fraction of sp³-hybridized carbons (Fsp3) is 0. The normalized spacial score (nSPS) is 11.1. The second kappa shape index (κ2) is 6.73. The first-order valence-corrected chi connectivity index (χ1v) is 8.41. The molecule has 128 valence electrons. The number of halogens is 1. The Balaban J connectivity index is 1.85. The molecule has 0 fully saturated rings. The van der Waals surface area contributed by atoms with Crippen LogP contribution in [0.2, 0.25) is 0 Å². The van der Waals surface area contributed by atoms with Gasteiger partial charge < -0.3 is 9.50 Å². The summed E-state index contributed by atoms with van der Waals surface area (Å²) in [5.41, 5.74) is 0.370. The second-order valence-corrected chi connectivity index (χ2v) is 6.33. The summed E-state index contributed by atoms with van der Waals surface area (Å²) in [5, 5.41) is 2.55. The number of hydrogen-bond donors (Lipinski definition) is 1. The van der Waals surface area contributed by atoms with Gasteiger partial charge in [0.25, 0.3) is 5.91 Å². The summed E-state index contributed by atoms with van der Waals surface area (Å²) in [5.74, 6) is -1.17. The lowest BCUT2D eigenvalue weighted by Crippen LogP contribution is -2.20. The lowest BCUT2D eigenvalue weighted by molar-refractivity contribution is 0.102. The summed E-state index contributed by atoms with van der Waals surface area (Å²) in [4.78, 5) is 16.0. The molecule has 3 rings (SSSR count). The largest absolute Gasteiger partial charge is 0.414 e. The third kappa shape index (κ3) is 3.83. The molecule has 0 atom stereocenters. The van der Waals surface area contributed by atoms with E-state index >= 15 is 0 Å². The van der Waals surface area contributed by atoms with Crippen molar-refractivity contribution in [2.24, 2.45) is 0 Å². The molecule has 0 aliphatic heterocycles. The van der Waals surface area contributed by atoms with E-state index in [1.807, 2.05) is 0 Å². The van der Waals surface area contributed by atoms with E-state index in [0.717, 1.165) is 10.3 Å². The van der Waals surface area contributed by atoms with Crippen LogP contribution in [0.5, 0.6) is 5.75 Å². The summed E-state index contributed by atoms with van der Waals surface area (Å²) in [6.45, 7) is 0. The molecule has 0 aliphatic rings. The molecular formula is C16H12FN3O4S. The monoisotopic (exact) mass is 361 g/mol. The number of carbonyl (C=O) groups excluding carboxylic acids is 1. The number of amides is 1. The van der Waals surface area contributed by atoms with Crippen LogP contribution in [0.3, 0.4) is 0 Å². The summed E-state index contributed by atoms with van der Waals surface area (Å²) in [6.07, 6.45) is 3.56. The number of para-hydroxylation sites is 1. The van der Waals surface area contributed by atoms with Crippen LogP contribution in [-0.4, -0.2) is 23.3 Å². The van der Waals surface area contributed by atoms with Crippen molar-refractivity contribution in [1.82, 2.24) is 8.96 Å². The Morgan fingerprint density at radius 3 is 2.52 bits per heavy atom. The van der Waals surface area contributed by atoms with E-state index in [0.29, 0.717) is 5.69 Å². The molecule has 3 aromatic rings. The van der Waals surface area contributed by atoms with Gasteiger partial charge in [-0.05, 0) is 36.4 Å². The van der Waals surface area contributed by atoms with Gasteiger partial charge in [-0.25, -0.2) is 13.3 Å². The van der Waals surface area contributed by atoms with Crippen LogP contribution in [0.4, 0.5) is 10.1 Å². The molecule has 0 radical (unpaired) electrons. The molecule has 0 saturated heterocycles. The van der Waals surface area contributed by atoms with Gasteiger partial charge in [0.15, 0.2) is 5.75 Å². The average Bonchev–Trinajstić information content (AvgIpc) is 3.12. The molecule has 0 aliphatic carbocycles. The Labute approximate surface area is 143 Å². The zero-order valence-electron chi connectivity index (χ0n) is 12.7. The van der Waals surface area contributed by atoms with Gasteiger partial charge in [0, 0.05) is 18.1 Å². The highest BCUT2D eigenvalue weighted by Gasteiger charge is 2.20. The lowest BCUT2D eigenvalue weighted by atomic mass is 10.2. The molecule has 0 spiro atoms. The van der Waals surface area contributed by atoms with Crippen LogP contribution in [-0.2, 0) is 10.3 Å². The minimum Gasteiger partial charge on any atom is -0.366 e. The van der Waals surface area contributed by atoms with Gasteiger partial charge in [-0.1, -0.05) is 12.1 Å². The van der Waals surface area contributed by atoms with E-state index in [1.54, 1.807) is 6.07 Å². The number of rotatable bonds is 5. The molecule has 0 saturated carbocycles. The van der Waals surface area contributed by atoms with Crippen LogP contribution in [0.1, 0.15) is 10.4 Å². The molecule has 9 heteroatoms. The molecule has 0 unspecified atom stereocenters. The topological polar surface area (TPSA) is 90.3 Å². The van der Waals surface area contributed by atoms with Crippen molar-refractivity contribution in [3.05, 3.63) is 78.6 Å². The number of imidazole rings is 1. The summed E-state index contributed by atoms with van der Waals surface area (Å²) < 4.78 is 43.1. The van der Waals surface area contributed by atoms with Crippen molar-refractivity contribution in [2.45, 2.75) is 0 Å². The first kappa shape index (κ1) is 16.7. The molecule has 1 amide bonds. The van der Waals surface area contributed by atoms with Crippen molar-refractivity contribution in [3.63, 3.8) is 0 Å². The van der Waals surface area contributed by atoms with Crippen molar-refractivity contribution in [3.8, 4) is 5.75 Å². The number of hydrogen-bond acceptors (Lipinski definition) is 5. The zero-order valence-corrected chi connectivity index (χ0v) is 13.5. The van der Waals surface area contributed by atoms with Crippen molar-refractivity contribution < 1.29 is 21.8 Å². The third-order valence-electron chi connectivity index (χ3n) is 3.17. The summed E-state index contributed by atoms with van der Waals surface area (Å²) >= 11 is 0. The highest BCUT2D eigenvalue weighted by molar-refractivity contribution is 7.85. The van der Waals surface area contributed by atoms with Crippen LogP contribution >= 0.6 is 0 Å². The third-order valence-corrected chi connectivity index (χ3v) is 4.29. The van der Waals surface area contributed by atoms with Crippen LogP contribution in [0, 0.1) is 5.82 Å². The fourth-order valence-corrected chi connectivity index (χ4v) is 2.83. The maximum atomic E-state index is 12.9. The predicted molar refractivity (Wildman–Crippen MR) is 88.0 cm³/mol. The van der Waals surface area contributed by atoms with Crippen LogP contribution in [0.15, 0.2) is 67.3 Å². The number of carbonyl (C=O) groups is 1. The maximum Gasteiger partial charge on any atom is 0.414 e. The first-order valence-electron chi connectivity index (χ1n) is 7.04. The van der Waals surface area contributed by atoms with Crippen molar-refractivity contribution in [2.75, 3.05) is 5.32 Å². The fourth-order valence-electron chi connectivity index (χ4n) is 1.99. The van der Waals surface area contributed by atoms with E-state index in [4.69, 9.17) is 4.18 Å². The molecule has 1 heterocycles. The van der Waals surface area contributed by atoms with Crippen molar-refractivity contribution >= 4 is 21.9 Å². The molecule has 7 nitrogen and oxygen atoms in total. The van der Waals surface area contributed by atoms with Gasteiger partial charge in [-0.2, -0.15) is 8.42 Å². The van der Waals surface area contributed by atoms with Crippen LogP contribution < -0.4 is 9.50 Å². The van der Waals surface area contributed by atoms with E-state index in [9.17, 15) is 17.6 Å². The zero-order chi connectivity index (χ0) is 17.9. The molecule has 1 aromatic heterocycles. The Morgan fingerprint density at radius 1 is 1.12 bits per heavy atom. The quantitative estimate of drug-likeness (QED) is 0.754. The summed E-state index contributed by atoms with van der Waals surface area (Å²) in [6, 6.07) is 11.0. The highest BCUT2D eigenvalue weighted by Crippen LogP contribution is 2.22. The predicted octanol–water partition coefficient (Wildman–Crippen LogP) is 2.45. The molecule has 0 bridgehead atoms. The SMILES string of the molecule is O=C(Nc1ccc(F)cc1)c1ccccc1OS(=O)(=O)n1ccnc1. The van der Waals surface area contributed by atoms with Crippen LogP contribution in [0.25, 0.3) is 0 Å². The van der Waals surface area contributed by atoms with E-state index in [1.165, 1.54) is 54.9 Å². The van der Waals surface area contributed by atoms with Gasteiger partial charge in [-0.15, -0.1) is 0 Å². The van der Waals surface area contributed by atoms with Gasteiger partial charge in [0.05, 0.1) is 5.56 Å². The average molecular weight is 361 g/mol. The lowest BCUT2D eigenvalue weighted by Gasteiger charge is -2.11. The molecule has 2 aromatic carbocycles. The minimum absolute atomic E-state index is 0.00974. The van der Waals surface area contributed by atoms with Gasteiger partial charge in [-0.3, -0.25) is 4.79 Å². The van der Waals surface area contributed by atoms with Gasteiger partial charge in [0.1, 0.15) is 12.1 Å². The van der Waals surface area contributed by atoms with E-state index in [2.05, 4.69) is 10.3 Å². The first-order chi connectivity index (χ1) is 12.0. The Hall–Kier alpha value is -3.20. The van der Waals surface area contributed by atoms with E-state index < -0.39 is 22.0 Å². The van der Waals surface area contributed by atoms with Gasteiger partial charge >= 0.3 is 10.3 Å².